The summed E-state index contributed by atoms with van der Waals surface area (Å²) in [5.74, 6) is 0.232. The number of rotatable bonds is 8. The zero-order valence-corrected chi connectivity index (χ0v) is 21.4. The van der Waals surface area contributed by atoms with E-state index in [-0.39, 0.29) is 30.2 Å². The Bertz CT molecular complexity index is 1090. The number of carbonyl (C=O) groups is 1. The molecular formula is C28H34F3N3O3. The van der Waals surface area contributed by atoms with E-state index in [9.17, 15) is 18.0 Å². The molecule has 0 bridgehead atoms. The van der Waals surface area contributed by atoms with Gasteiger partial charge in [-0.1, -0.05) is 19.1 Å². The average Bonchev–Trinajstić information content (AvgIpc) is 2.92. The largest absolute Gasteiger partial charge is 0.493 e. The van der Waals surface area contributed by atoms with E-state index in [0.29, 0.717) is 37.4 Å². The summed E-state index contributed by atoms with van der Waals surface area (Å²) < 4.78 is 52.6. The van der Waals surface area contributed by atoms with Gasteiger partial charge in [0.05, 0.1) is 24.7 Å². The molecule has 1 saturated heterocycles. The maximum Gasteiger partial charge on any atom is 0.419 e. The number of allylic oxidation sites excluding steroid dienone is 2. The van der Waals surface area contributed by atoms with Gasteiger partial charge < -0.3 is 14.4 Å². The van der Waals surface area contributed by atoms with Crippen molar-refractivity contribution in [3.05, 3.63) is 53.4 Å². The minimum atomic E-state index is -4.53. The summed E-state index contributed by atoms with van der Waals surface area (Å²) in [6.45, 7) is 5.85. The second-order valence-corrected chi connectivity index (χ2v) is 9.65. The molecule has 1 aliphatic carbocycles. The topological polar surface area (TPSA) is 64.6 Å². The predicted molar refractivity (Wildman–Crippen MR) is 135 cm³/mol. The maximum absolute atomic E-state index is 13.9. The van der Waals surface area contributed by atoms with Gasteiger partial charge in [-0.25, -0.2) is 9.97 Å². The van der Waals surface area contributed by atoms with E-state index in [4.69, 9.17) is 9.47 Å². The number of hydrogen-bond acceptors (Lipinski definition) is 6. The Morgan fingerprint density at radius 3 is 2.43 bits per heavy atom. The lowest BCUT2D eigenvalue weighted by Gasteiger charge is -2.32. The Hall–Kier alpha value is -3.10. The molecule has 2 heterocycles. The second-order valence-electron chi connectivity index (χ2n) is 9.65. The first-order chi connectivity index (χ1) is 17.8. The number of ether oxygens (including phenoxy) is 2. The standard InChI is InChI=1S/C28H34F3N3O3/c1-3-19-16-32-27(33-17-19)34-13-11-20(12-14-34)18-37-25-10-9-23(15-24(25)28(29,30)31)21-5-7-22(8-6-21)26(35)36-4-2/h5,9-10,15-17,20,22H,3-4,6-8,11-14,18H2,1-2H3. The first-order valence-electron chi connectivity index (χ1n) is 13.0. The lowest BCUT2D eigenvalue weighted by atomic mass is 9.86. The Morgan fingerprint density at radius 2 is 1.84 bits per heavy atom. The van der Waals surface area contributed by atoms with Crippen LogP contribution in [0.2, 0.25) is 0 Å². The van der Waals surface area contributed by atoms with Crippen molar-refractivity contribution in [1.82, 2.24) is 9.97 Å². The number of hydrogen-bond donors (Lipinski definition) is 0. The van der Waals surface area contributed by atoms with Crippen molar-refractivity contribution >= 4 is 17.5 Å². The molecule has 1 aromatic heterocycles. The highest BCUT2D eigenvalue weighted by molar-refractivity contribution is 5.76. The highest BCUT2D eigenvalue weighted by atomic mass is 19.4. The number of benzene rings is 1. The predicted octanol–water partition coefficient (Wildman–Crippen LogP) is 6.10. The monoisotopic (exact) mass is 517 g/mol. The Balaban J connectivity index is 1.37. The first-order valence-corrected chi connectivity index (χ1v) is 13.0. The molecule has 0 radical (unpaired) electrons. The molecule has 1 unspecified atom stereocenters. The molecule has 6 nitrogen and oxygen atoms in total. The second kappa shape index (κ2) is 12.0. The molecule has 37 heavy (non-hydrogen) atoms. The van der Waals surface area contributed by atoms with Gasteiger partial charge in [-0.2, -0.15) is 13.2 Å². The SMILES string of the molecule is CCOC(=O)C1CC=C(c2ccc(OCC3CCN(c4ncc(CC)cn4)CC3)c(C(F)(F)F)c2)CC1. The van der Waals surface area contributed by atoms with Crippen LogP contribution in [0.25, 0.3) is 5.57 Å². The maximum atomic E-state index is 13.9. The van der Waals surface area contributed by atoms with Gasteiger partial charge in [-0.05, 0) is 80.2 Å². The summed E-state index contributed by atoms with van der Waals surface area (Å²) in [5.41, 5.74) is 1.66. The molecule has 1 atom stereocenters. The van der Waals surface area contributed by atoms with Gasteiger partial charge >= 0.3 is 12.1 Å². The lowest BCUT2D eigenvalue weighted by molar-refractivity contribution is -0.148. The Labute approximate surface area is 215 Å². The van der Waals surface area contributed by atoms with E-state index in [2.05, 4.69) is 21.8 Å². The third kappa shape index (κ3) is 6.81. The Morgan fingerprint density at radius 1 is 1.11 bits per heavy atom. The third-order valence-corrected chi connectivity index (χ3v) is 7.16. The molecule has 0 saturated carbocycles. The highest BCUT2D eigenvalue weighted by Crippen LogP contribution is 2.40. The number of esters is 1. The number of piperidine rings is 1. The van der Waals surface area contributed by atoms with Crippen molar-refractivity contribution in [2.24, 2.45) is 11.8 Å². The van der Waals surface area contributed by atoms with Crippen LogP contribution in [0.4, 0.5) is 19.1 Å². The van der Waals surface area contributed by atoms with Gasteiger partial charge in [0.2, 0.25) is 5.95 Å². The van der Waals surface area contributed by atoms with Crippen molar-refractivity contribution in [3.63, 3.8) is 0 Å². The quantitative estimate of drug-likeness (QED) is 0.394. The number of nitrogens with zero attached hydrogens (tertiary/aromatic N) is 3. The minimum Gasteiger partial charge on any atom is -0.493 e. The molecular weight excluding hydrogens is 483 g/mol. The Kier molecular flexibility index (Phi) is 8.71. The highest BCUT2D eigenvalue weighted by Gasteiger charge is 2.35. The first kappa shape index (κ1) is 26.9. The van der Waals surface area contributed by atoms with Crippen LogP contribution in [-0.4, -0.2) is 42.2 Å². The molecule has 0 N–H and O–H groups in total. The smallest absolute Gasteiger partial charge is 0.419 e. The summed E-state index contributed by atoms with van der Waals surface area (Å²) in [6, 6.07) is 4.28. The summed E-state index contributed by atoms with van der Waals surface area (Å²) in [7, 11) is 0. The summed E-state index contributed by atoms with van der Waals surface area (Å²) in [6.07, 6.45) is 5.05. The molecule has 1 aromatic carbocycles. The van der Waals surface area contributed by atoms with Crippen LogP contribution in [0.3, 0.4) is 0 Å². The molecule has 1 fully saturated rings. The molecule has 1 aliphatic heterocycles. The van der Waals surface area contributed by atoms with Crippen LogP contribution < -0.4 is 9.64 Å². The fraction of sp³-hybridized carbons (Fsp3) is 0.536. The van der Waals surface area contributed by atoms with Crippen LogP contribution in [-0.2, 0) is 22.1 Å². The molecule has 2 aromatic rings. The number of halogens is 3. The number of carbonyl (C=O) groups excluding carboxylic acids is 1. The fourth-order valence-corrected chi connectivity index (χ4v) is 4.85. The minimum absolute atomic E-state index is 0.141. The number of anilines is 1. The molecule has 0 amide bonds. The van der Waals surface area contributed by atoms with E-state index < -0.39 is 11.7 Å². The van der Waals surface area contributed by atoms with E-state index >= 15 is 0 Å². The van der Waals surface area contributed by atoms with Crippen LogP contribution in [0.15, 0.2) is 36.7 Å². The van der Waals surface area contributed by atoms with E-state index in [1.54, 1.807) is 13.0 Å². The number of aryl methyl sites for hydroxylation is 1. The summed E-state index contributed by atoms with van der Waals surface area (Å²) >= 11 is 0. The van der Waals surface area contributed by atoms with Gasteiger partial charge in [0, 0.05) is 25.5 Å². The van der Waals surface area contributed by atoms with Gasteiger partial charge in [0.15, 0.2) is 0 Å². The van der Waals surface area contributed by atoms with Crippen molar-refractivity contribution in [2.75, 3.05) is 31.2 Å². The zero-order valence-electron chi connectivity index (χ0n) is 21.4. The summed E-state index contributed by atoms with van der Waals surface area (Å²) in [5, 5.41) is 0. The molecule has 200 valence electrons. The van der Waals surface area contributed by atoms with Gasteiger partial charge in [0.25, 0.3) is 0 Å². The van der Waals surface area contributed by atoms with Gasteiger partial charge in [-0.15, -0.1) is 0 Å². The fourth-order valence-electron chi connectivity index (χ4n) is 4.85. The van der Waals surface area contributed by atoms with Crippen LogP contribution >= 0.6 is 0 Å². The van der Waals surface area contributed by atoms with Crippen molar-refractivity contribution in [2.45, 2.75) is 58.5 Å². The molecule has 4 rings (SSSR count). The van der Waals surface area contributed by atoms with E-state index in [1.165, 1.54) is 12.1 Å². The van der Waals surface area contributed by atoms with Gasteiger partial charge in [0.1, 0.15) is 5.75 Å². The molecule has 2 aliphatic rings. The van der Waals surface area contributed by atoms with Crippen LogP contribution in [0.5, 0.6) is 5.75 Å². The van der Waals surface area contributed by atoms with E-state index in [1.807, 2.05) is 18.5 Å². The normalized spacial score (nSPS) is 18.9. The van der Waals surface area contributed by atoms with Crippen molar-refractivity contribution in [3.8, 4) is 5.75 Å². The van der Waals surface area contributed by atoms with Crippen molar-refractivity contribution in [1.29, 1.82) is 0 Å². The van der Waals surface area contributed by atoms with Crippen LogP contribution in [0, 0.1) is 11.8 Å². The van der Waals surface area contributed by atoms with E-state index in [0.717, 1.165) is 43.5 Å². The van der Waals surface area contributed by atoms with Crippen LogP contribution in [0.1, 0.15) is 62.6 Å². The average molecular weight is 518 g/mol. The lowest BCUT2D eigenvalue weighted by Crippen LogP contribution is -2.36. The third-order valence-electron chi connectivity index (χ3n) is 7.16. The van der Waals surface area contributed by atoms with Gasteiger partial charge in [-0.3, -0.25) is 4.79 Å². The summed E-state index contributed by atoms with van der Waals surface area (Å²) in [4.78, 5) is 22.9. The molecule has 0 spiro atoms. The zero-order chi connectivity index (χ0) is 26.4. The number of aromatic nitrogens is 2. The number of alkyl halides is 3. The van der Waals surface area contributed by atoms with Crippen molar-refractivity contribution < 1.29 is 27.4 Å². The molecule has 9 heteroatoms.